The molecule has 0 aromatic rings. The predicted molar refractivity (Wildman–Crippen MR) is 84.6 cm³/mol. The van der Waals surface area contributed by atoms with Gasteiger partial charge in [-0.1, -0.05) is 57.7 Å². The molecule has 0 aromatic carbocycles. The summed E-state index contributed by atoms with van der Waals surface area (Å²) in [7, 11) is 0. The van der Waals surface area contributed by atoms with Crippen molar-refractivity contribution < 1.29 is 0 Å². The van der Waals surface area contributed by atoms with Gasteiger partial charge in [-0.15, -0.1) is 0 Å². The SMILES string of the molecule is CCCCCCCCN=C1NC(C)(CC)CCS1. The first-order chi connectivity index (χ1) is 8.70. The number of hydrogen-bond acceptors (Lipinski definition) is 2. The van der Waals surface area contributed by atoms with Crippen molar-refractivity contribution in [3.63, 3.8) is 0 Å². The lowest BCUT2D eigenvalue weighted by atomic mass is 9.96. The second kappa shape index (κ2) is 8.84. The van der Waals surface area contributed by atoms with Crippen LogP contribution in [-0.4, -0.2) is 23.0 Å². The lowest BCUT2D eigenvalue weighted by Gasteiger charge is -2.35. The highest BCUT2D eigenvalue weighted by Crippen LogP contribution is 2.24. The number of thioether (sulfide) groups is 1. The molecule has 1 rings (SSSR count). The summed E-state index contributed by atoms with van der Waals surface area (Å²) in [6, 6.07) is 0. The molecule has 0 aromatic heterocycles. The van der Waals surface area contributed by atoms with Crippen LogP contribution in [0.2, 0.25) is 0 Å². The van der Waals surface area contributed by atoms with Gasteiger partial charge < -0.3 is 5.32 Å². The fourth-order valence-corrected chi connectivity index (χ4v) is 3.40. The van der Waals surface area contributed by atoms with Gasteiger partial charge >= 0.3 is 0 Å². The van der Waals surface area contributed by atoms with E-state index in [0.717, 1.165) is 6.54 Å². The van der Waals surface area contributed by atoms with Crippen molar-refractivity contribution in [2.24, 2.45) is 4.99 Å². The van der Waals surface area contributed by atoms with E-state index < -0.39 is 0 Å². The molecule has 1 N–H and O–H groups in total. The number of nitrogens with one attached hydrogen (secondary N) is 1. The molecule has 0 saturated carbocycles. The zero-order valence-corrected chi connectivity index (χ0v) is 13.2. The van der Waals surface area contributed by atoms with Crippen molar-refractivity contribution in [1.82, 2.24) is 5.32 Å². The van der Waals surface area contributed by atoms with Gasteiger partial charge in [-0.05, 0) is 26.2 Å². The molecule has 1 atom stereocenters. The minimum absolute atomic E-state index is 0.283. The highest BCUT2D eigenvalue weighted by Gasteiger charge is 2.27. The number of amidine groups is 1. The van der Waals surface area contributed by atoms with Crippen LogP contribution in [0.5, 0.6) is 0 Å². The molecule has 2 nitrogen and oxygen atoms in total. The Bertz CT molecular complexity index is 253. The van der Waals surface area contributed by atoms with Crippen molar-refractivity contribution in [3.8, 4) is 0 Å². The first-order valence-corrected chi connectivity index (χ1v) is 8.64. The van der Waals surface area contributed by atoms with Crippen LogP contribution in [0, 0.1) is 0 Å². The van der Waals surface area contributed by atoms with Gasteiger partial charge in [0.05, 0.1) is 0 Å². The first-order valence-electron chi connectivity index (χ1n) is 7.65. The standard InChI is InChI=1S/C15H30N2S/c1-4-6-7-8-9-10-12-16-14-17-15(3,5-2)11-13-18-14/h4-13H2,1-3H3,(H,16,17). The smallest absolute Gasteiger partial charge is 0.156 e. The van der Waals surface area contributed by atoms with Crippen molar-refractivity contribution in [2.75, 3.05) is 12.3 Å². The lowest BCUT2D eigenvalue weighted by molar-refractivity contribution is 0.390. The van der Waals surface area contributed by atoms with Gasteiger partial charge in [0, 0.05) is 17.8 Å². The van der Waals surface area contributed by atoms with Gasteiger partial charge in [-0.2, -0.15) is 0 Å². The van der Waals surface area contributed by atoms with Crippen LogP contribution in [0.1, 0.15) is 72.1 Å². The largest absolute Gasteiger partial charge is 0.360 e. The minimum atomic E-state index is 0.283. The molecule has 0 radical (unpaired) electrons. The van der Waals surface area contributed by atoms with Crippen LogP contribution in [-0.2, 0) is 0 Å². The van der Waals surface area contributed by atoms with Gasteiger partial charge in [-0.25, -0.2) is 0 Å². The fraction of sp³-hybridized carbons (Fsp3) is 0.933. The molecule has 0 amide bonds. The van der Waals surface area contributed by atoms with Crippen molar-refractivity contribution in [1.29, 1.82) is 0 Å². The van der Waals surface area contributed by atoms with Crippen LogP contribution < -0.4 is 5.32 Å². The molecule has 1 aliphatic rings. The normalized spacial score (nSPS) is 26.3. The molecular formula is C15H30N2S. The summed E-state index contributed by atoms with van der Waals surface area (Å²) in [5.41, 5.74) is 0.283. The number of unbranched alkanes of at least 4 members (excludes halogenated alkanes) is 5. The van der Waals surface area contributed by atoms with E-state index in [4.69, 9.17) is 4.99 Å². The van der Waals surface area contributed by atoms with Crippen LogP contribution in [0.25, 0.3) is 0 Å². The maximum absolute atomic E-state index is 4.71. The molecule has 0 aliphatic carbocycles. The quantitative estimate of drug-likeness (QED) is 0.652. The molecule has 1 aliphatic heterocycles. The van der Waals surface area contributed by atoms with Crippen molar-refractivity contribution in [2.45, 2.75) is 77.7 Å². The monoisotopic (exact) mass is 270 g/mol. The van der Waals surface area contributed by atoms with E-state index in [0.29, 0.717) is 0 Å². The van der Waals surface area contributed by atoms with E-state index in [1.54, 1.807) is 0 Å². The van der Waals surface area contributed by atoms with Gasteiger partial charge in [0.2, 0.25) is 0 Å². The van der Waals surface area contributed by atoms with Gasteiger partial charge in [0.1, 0.15) is 0 Å². The number of hydrogen-bond donors (Lipinski definition) is 1. The van der Waals surface area contributed by atoms with Crippen molar-refractivity contribution >= 4 is 16.9 Å². The first kappa shape index (κ1) is 15.9. The molecule has 0 spiro atoms. The Kier molecular flexibility index (Phi) is 7.80. The third-order valence-electron chi connectivity index (χ3n) is 3.85. The molecular weight excluding hydrogens is 240 g/mol. The molecule has 1 saturated heterocycles. The van der Waals surface area contributed by atoms with Crippen molar-refractivity contribution in [3.05, 3.63) is 0 Å². The molecule has 0 bridgehead atoms. The Balaban J connectivity index is 2.14. The Morgan fingerprint density at radius 2 is 1.89 bits per heavy atom. The molecule has 1 fully saturated rings. The minimum Gasteiger partial charge on any atom is -0.360 e. The average Bonchev–Trinajstić information content (AvgIpc) is 2.38. The summed E-state index contributed by atoms with van der Waals surface area (Å²) >= 11 is 1.89. The molecule has 3 heteroatoms. The van der Waals surface area contributed by atoms with Crippen LogP contribution in [0.4, 0.5) is 0 Å². The van der Waals surface area contributed by atoms with Crippen LogP contribution >= 0.6 is 11.8 Å². The fourth-order valence-electron chi connectivity index (χ4n) is 2.15. The summed E-state index contributed by atoms with van der Waals surface area (Å²) in [6.45, 7) is 7.84. The second-order valence-electron chi connectivity index (χ2n) is 5.59. The second-order valence-corrected chi connectivity index (χ2v) is 6.68. The highest BCUT2D eigenvalue weighted by molar-refractivity contribution is 8.13. The summed E-state index contributed by atoms with van der Waals surface area (Å²) in [4.78, 5) is 4.71. The molecule has 1 unspecified atom stereocenters. The maximum Gasteiger partial charge on any atom is 0.156 e. The van der Waals surface area contributed by atoms with Gasteiger partial charge in [-0.3, -0.25) is 4.99 Å². The Morgan fingerprint density at radius 1 is 1.17 bits per heavy atom. The predicted octanol–water partition coefficient (Wildman–Crippen LogP) is 4.60. The zero-order valence-electron chi connectivity index (χ0n) is 12.4. The average molecular weight is 270 g/mol. The topological polar surface area (TPSA) is 24.4 Å². The van der Waals surface area contributed by atoms with E-state index in [1.807, 2.05) is 11.8 Å². The number of aliphatic imine (C=N–C) groups is 1. The van der Waals surface area contributed by atoms with E-state index in [2.05, 4.69) is 26.1 Å². The van der Waals surface area contributed by atoms with E-state index in [1.165, 1.54) is 62.3 Å². The van der Waals surface area contributed by atoms with Crippen LogP contribution in [0.15, 0.2) is 4.99 Å². The number of nitrogens with zero attached hydrogens (tertiary/aromatic N) is 1. The summed E-state index contributed by atoms with van der Waals surface area (Å²) in [6.07, 6.45) is 10.5. The molecule has 18 heavy (non-hydrogen) atoms. The van der Waals surface area contributed by atoms with E-state index in [9.17, 15) is 0 Å². The van der Waals surface area contributed by atoms with Gasteiger partial charge in [0.25, 0.3) is 0 Å². The highest BCUT2D eigenvalue weighted by atomic mass is 32.2. The Hall–Kier alpha value is -0.180. The summed E-state index contributed by atoms with van der Waals surface area (Å²) < 4.78 is 0. The maximum atomic E-state index is 4.71. The van der Waals surface area contributed by atoms with E-state index in [-0.39, 0.29) is 5.54 Å². The lowest BCUT2D eigenvalue weighted by Crippen LogP contribution is -2.48. The Morgan fingerprint density at radius 3 is 2.61 bits per heavy atom. The summed E-state index contributed by atoms with van der Waals surface area (Å²) in [5, 5.41) is 4.78. The van der Waals surface area contributed by atoms with E-state index >= 15 is 0 Å². The molecule has 106 valence electrons. The summed E-state index contributed by atoms with van der Waals surface area (Å²) in [5.74, 6) is 1.21. The third kappa shape index (κ3) is 6.12. The van der Waals surface area contributed by atoms with Crippen LogP contribution in [0.3, 0.4) is 0 Å². The Labute approximate surface area is 117 Å². The zero-order chi connectivity index (χ0) is 13.3. The van der Waals surface area contributed by atoms with Gasteiger partial charge in [0.15, 0.2) is 5.17 Å². The number of rotatable bonds is 8. The third-order valence-corrected chi connectivity index (χ3v) is 4.76. The molecule has 1 heterocycles.